The largest absolute Gasteiger partial charge is 0.409 e. The molecule has 2 heterocycles. The second-order valence-electron chi connectivity index (χ2n) is 4.31. The number of hydrogen-bond donors (Lipinski definition) is 1. The first-order chi connectivity index (χ1) is 9.15. The summed E-state index contributed by atoms with van der Waals surface area (Å²) < 4.78 is 7.17. The molecule has 0 aliphatic carbocycles. The molecule has 0 aliphatic heterocycles. The first-order valence-corrected chi connectivity index (χ1v) is 6.23. The van der Waals surface area contributed by atoms with Gasteiger partial charge < -0.3 is 4.42 Å². The van der Waals surface area contributed by atoms with E-state index in [-0.39, 0.29) is 4.84 Å². The van der Waals surface area contributed by atoms with Gasteiger partial charge in [0.15, 0.2) is 0 Å². The van der Waals surface area contributed by atoms with Crippen molar-refractivity contribution in [2.24, 2.45) is 0 Å². The first kappa shape index (κ1) is 11.9. The summed E-state index contributed by atoms with van der Waals surface area (Å²) in [7, 11) is 0. The highest BCUT2D eigenvalue weighted by atomic mass is 32.1. The standard InChI is InChI=1S/C13H12N4OS/c1-8-4-3-5-10(6-8)17-9(2)11(7-14-17)12-15-16-13(19)18-12/h3-7H,1-2H3,(H,16,19). The van der Waals surface area contributed by atoms with Crippen LogP contribution in [-0.4, -0.2) is 20.0 Å². The zero-order valence-corrected chi connectivity index (χ0v) is 11.4. The minimum Gasteiger partial charge on any atom is -0.409 e. The first-order valence-electron chi connectivity index (χ1n) is 5.83. The number of rotatable bonds is 2. The highest BCUT2D eigenvalue weighted by molar-refractivity contribution is 7.71. The summed E-state index contributed by atoms with van der Waals surface area (Å²) in [6.07, 6.45) is 1.73. The van der Waals surface area contributed by atoms with E-state index in [1.165, 1.54) is 5.56 Å². The minimum atomic E-state index is 0.262. The molecule has 1 N–H and O–H groups in total. The van der Waals surface area contributed by atoms with Crippen LogP contribution in [0.4, 0.5) is 0 Å². The normalized spacial score (nSPS) is 10.8. The van der Waals surface area contributed by atoms with E-state index in [9.17, 15) is 0 Å². The van der Waals surface area contributed by atoms with Gasteiger partial charge in [0.2, 0.25) is 5.89 Å². The van der Waals surface area contributed by atoms with Crippen LogP contribution in [-0.2, 0) is 0 Å². The van der Waals surface area contributed by atoms with Crippen molar-refractivity contribution in [2.75, 3.05) is 0 Å². The fraction of sp³-hybridized carbons (Fsp3) is 0.154. The summed E-state index contributed by atoms with van der Waals surface area (Å²) in [5.41, 5.74) is 3.98. The number of benzene rings is 1. The number of nitrogens with one attached hydrogen (secondary N) is 1. The van der Waals surface area contributed by atoms with Crippen LogP contribution >= 0.6 is 12.2 Å². The molecule has 2 aromatic heterocycles. The molecule has 0 atom stereocenters. The third-order valence-electron chi connectivity index (χ3n) is 2.92. The van der Waals surface area contributed by atoms with Crippen LogP contribution in [0.1, 0.15) is 11.3 Å². The van der Waals surface area contributed by atoms with Crippen LogP contribution in [0.2, 0.25) is 0 Å². The van der Waals surface area contributed by atoms with Crippen LogP contribution < -0.4 is 0 Å². The van der Waals surface area contributed by atoms with Crippen LogP contribution in [0, 0.1) is 18.7 Å². The molecular formula is C13H12N4OS. The van der Waals surface area contributed by atoms with Crippen molar-refractivity contribution in [3.05, 3.63) is 46.6 Å². The maximum atomic E-state index is 5.32. The van der Waals surface area contributed by atoms with Crippen molar-refractivity contribution in [3.63, 3.8) is 0 Å². The summed E-state index contributed by atoms with van der Waals surface area (Å²) >= 11 is 4.88. The average Bonchev–Trinajstić information content (AvgIpc) is 2.95. The van der Waals surface area contributed by atoms with Crippen molar-refractivity contribution >= 4 is 12.2 Å². The van der Waals surface area contributed by atoms with Gasteiger partial charge in [-0.3, -0.25) is 0 Å². The van der Waals surface area contributed by atoms with Gasteiger partial charge in [-0.2, -0.15) is 5.10 Å². The summed E-state index contributed by atoms with van der Waals surface area (Å²) in [5, 5.41) is 11.0. The molecule has 5 nitrogen and oxygen atoms in total. The maximum absolute atomic E-state index is 5.32. The van der Waals surface area contributed by atoms with Gasteiger partial charge in [0, 0.05) is 0 Å². The van der Waals surface area contributed by atoms with Gasteiger partial charge in [-0.05, 0) is 43.8 Å². The van der Waals surface area contributed by atoms with Crippen molar-refractivity contribution in [1.29, 1.82) is 0 Å². The molecule has 6 heteroatoms. The van der Waals surface area contributed by atoms with Gasteiger partial charge in [0.05, 0.1) is 23.1 Å². The molecule has 0 bridgehead atoms. The number of aromatic nitrogens is 4. The SMILES string of the molecule is Cc1cccc(-n2ncc(-c3n[nH]c(=S)o3)c2C)c1. The van der Waals surface area contributed by atoms with Crippen molar-refractivity contribution in [2.45, 2.75) is 13.8 Å². The van der Waals surface area contributed by atoms with E-state index in [0.29, 0.717) is 5.89 Å². The summed E-state index contributed by atoms with van der Waals surface area (Å²) in [5.74, 6) is 0.460. The van der Waals surface area contributed by atoms with Crippen LogP contribution in [0.25, 0.3) is 17.1 Å². The lowest BCUT2D eigenvalue weighted by atomic mass is 10.2. The fourth-order valence-corrected chi connectivity index (χ4v) is 2.11. The van der Waals surface area contributed by atoms with Gasteiger partial charge in [-0.15, -0.1) is 5.10 Å². The van der Waals surface area contributed by atoms with Crippen molar-refractivity contribution in [1.82, 2.24) is 20.0 Å². The monoisotopic (exact) mass is 272 g/mol. The summed E-state index contributed by atoms with van der Waals surface area (Å²) in [6.45, 7) is 4.02. The minimum absolute atomic E-state index is 0.262. The second kappa shape index (κ2) is 4.47. The molecule has 0 saturated carbocycles. The summed E-state index contributed by atoms with van der Waals surface area (Å²) in [6, 6.07) is 8.14. The molecule has 1 aromatic carbocycles. The predicted octanol–water partition coefficient (Wildman–Crippen LogP) is 3.20. The predicted molar refractivity (Wildman–Crippen MR) is 73.7 cm³/mol. The van der Waals surface area contributed by atoms with Crippen LogP contribution in [0.5, 0.6) is 0 Å². The number of aryl methyl sites for hydroxylation is 1. The molecule has 3 aromatic rings. The van der Waals surface area contributed by atoms with E-state index in [1.54, 1.807) is 6.20 Å². The summed E-state index contributed by atoms with van der Waals surface area (Å²) in [4.78, 5) is 0.262. The molecule has 3 rings (SSSR count). The molecule has 96 valence electrons. The lowest BCUT2D eigenvalue weighted by molar-refractivity contribution is 0.551. The lowest BCUT2D eigenvalue weighted by Gasteiger charge is -2.05. The molecule has 0 radical (unpaired) electrons. The second-order valence-corrected chi connectivity index (χ2v) is 4.68. The van der Waals surface area contributed by atoms with Crippen LogP contribution in [0.15, 0.2) is 34.9 Å². The van der Waals surface area contributed by atoms with Gasteiger partial charge in [-0.25, -0.2) is 9.78 Å². The zero-order chi connectivity index (χ0) is 13.4. The Balaban J connectivity index is 2.11. The van der Waals surface area contributed by atoms with Crippen molar-refractivity contribution < 1.29 is 4.42 Å². The average molecular weight is 272 g/mol. The number of aromatic amines is 1. The Kier molecular flexibility index (Phi) is 2.79. The molecule has 0 saturated heterocycles. The van der Waals surface area contributed by atoms with Crippen LogP contribution in [0.3, 0.4) is 0 Å². The third kappa shape index (κ3) is 2.10. The Labute approximate surface area is 114 Å². The van der Waals surface area contributed by atoms with E-state index < -0.39 is 0 Å². The Morgan fingerprint density at radius 1 is 1.32 bits per heavy atom. The highest BCUT2D eigenvalue weighted by Gasteiger charge is 2.14. The van der Waals surface area contributed by atoms with Gasteiger partial charge in [-0.1, -0.05) is 12.1 Å². The number of hydrogen-bond acceptors (Lipinski definition) is 4. The van der Waals surface area contributed by atoms with E-state index >= 15 is 0 Å². The lowest BCUT2D eigenvalue weighted by Crippen LogP contribution is -1.99. The quantitative estimate of drug-likeness (QED) is 0.728. The molecule has 19 heavy (non-hydrogen) atoms. The molecular weight excluding hydrogens is 260 g/mol. The van der Waals surface area contributed by atoms with Gasteiger partial charge in [0.1, 0.15) is 0 Å². The van der Waals surface area contributed by atoms with E-state index in [1.807, 2.05) is 23.7 Å². The third-order valence-corrected chi connectivity index (χ3v) is 3.10. The maximum Gasteiger partial charge on any atom is 0.284 e. The smallest absolute Gasteiger partial charge is 0.284 e. The molecule has 0 aliphatic rings. The van der Waals surface area contributed by atoms with Gasteiger partial charge in [0.25, 0.3) is 4.84 Å². The Morgan fingerprint density at radius 3 is 2.84 bits per heavy atom. The Bertz CT molecular complexity index is 784. The number of nitrogens with zero attached hydrogens (tertiary/aromatic N) is 3. The van der Waals surface area contributed by atoms with Crippen molar-refractivity contribution in [3.8, 4) is 17.1 Å². The zero-order valence-electron chi connectivity index (χ0n) is 10.5. The molecule has 0 spiro atoms. The molecule has 0 unspecified atom stereocenters. The van der Waals surface area contributed by atoms with Gasteiger partial charge >= 0.3 is 0 Å². The van der Waals surface area contributed by atoms with E-state index in [4.69, 9.17) is 16.6 Å². The topological polar surface area (TPSA) is 59.6 Å². The highest BCUT2D eigenvalue weighted by Crippen LogP contribution is 2.23. The fourth-order valence-electron chi connectivity index (χ4n) is 1.98. The molecule has 0 amide bonds. The Hall–Kier alpha value is -2.21. The van der Waals surface area contributed by atoms with E-state index in [0.717, 1.165) is 16.9 Å². The van der Waals surface area contributed by atoms with E-state index in [2.05, 4.69) is 34.4 Å². The molecule has 0 fully saturated rings. The number of H-pyrrole nitrogens is 1. The Morgan fingerprint density at radius 2 is 2.16 bits per heavy atom.